The third-order valence-electron chi connectivity index (χ3n) is 5.76. The zero-order valence-electron chi connectivity index (χ0n) is 13.0. The van der Waals surface area contributed by atoms with Crippen LogP contribution in [0.1, 0.15) is 48.3 Å². The monoisotopic (exact) mass is 311 g/mol. The molecule has 6 nitrogen and oxygen atoms in total. The summed E-state index contributed by atoms with van der Waals surface area (Å²) in [4.78, 5) is 24.7. The van der Waals surface area contributed by atoms with Crippen LogP contribution in [0.15, 0.2) is 12.3 Å². The Labute approximate surface area is 134 Å². The van der Waals surface area contributed by atoms with Gasteiger partial charge in [0, 0.05) is 24.7 Å². The van der Waals surface area contributed by atoms with Crippen molar-refractivity contribution in [3.8, 4) is 0 Å². The lowest BCUT2D eigenvalue weighted by atomic mass is 9.76. The lowest BCUT2D eigenvalue weighted by molar-refractivity contribution is 0.0875. The van der Waals surface area contributed by atoms with Crippen molar-refractivity contribution in [3.05, 3.63) is 23.7 Å². The summed E-state index contributed by atoms with van der Waals surface area (Å²) in [6, 6.07) is 2.38. The highest BCUT2D eigenvalue weighted by atomic mass is 16.1. The number of hydrogen-bond donors (Lipinski definition) is 3. The molecule has 3 saturated carbocycles. The van der Waals surface area contributed by atoms with Crippen LogP contribution in [-0.4, -0.2) is 32.9 Å². The first-order valence-corrected chi connectivity index (χ1v) is 8.53. The molecule has 1 atom stereocenters. The molecule has 3 aliphatic carbocycles. The van der Waals surface area contributed by atoms with Crippen molar-refractivity contribution in [2.45, 2.75) is 50.6 Å². The van der Waals surface area contributed by atoms with Gasteiger partial charge >= 0.3 is 0 Å². The number of nitrogens with zero attached hydrogens (tertiary/aromatic N) is 2. The van der Waals surface area contributed by atoms with Crippen LogP contribution in [0.3, 0.4) is 0 Å². The molecule has 2 aromatic rings. The Kier molecular flexibility index (Phi) is 2.66. The smallest absolute Gasteiger partial charge is 0.253 e. The molecule has 1 spiro atoms. The van der Waals surface area contributed by atoms with Gasteiger partial charge in [0.15, 0.2) is 5.65 Å². The predicted octanol–water partition coefficient (Wildman–Crippen LogP) is 1.52. The largest absolute Gasteiger partial charge is 0.349 e. The molecule has 0 radical (unpaired) electrons. The third-order valence-corrected chi connectivity index (χ3v) is 5.76. The highest BCUT2D eigenvalue weighted by molar-refractivity contribution is 6.04. The number of H-pyrrole nitrogens is 1. The van der Waals surface area contributed by atoms with Crippen molar-refractivity contribution in [1.82, 2.24) is 20.3 Å². The van der Waals surface area contributed by atoms with E-state index >= 15 is 0 Å². The summed E-state index contributed by atoms with van der Waals surface area (Å²) in [6.07, 6.45) is 8.34. The van der Waals surface area contributed by atoms with Crippen molar-refractivity contribution in [1.29, 1.82) is 0 Å². The fourth-order valence-electron chi connectivity index (χ4n) is 3.98. The van der Waals surface area contributed by atoms with Crippen LogP contribution in [0.4, 0.5) is 0 Å². The summed E-state index contributed by atoms with van der Waals surface area (Å²) >= 11 is 0. The number of carbonyl (C=O) groups is 1. The number of carbonyl (C=O) groups excluding carboxylic acids is 1. The maximum Gasteiger partial charge on any atom is 0.253 e. The molecule has 2 heterocycles. The van der Waals surface area contributed by atoms with Gasteiger partial charge in [-0.3, -0.25) is 4.79 Å². The summed E-state index contributed by atoms with van der Waals surface area (Å²) in [7, 11) is 0. The van der Waals surface area contributed by atoms with Crippen LogP contribution in [0.2, 0.25) is 0 Å². The second-order valence-corrected chi connectivity index (χ2v) is 7.64. The zero-order valence-corrected chi connectivity index (χ0v) is 13.0. The molecule has 1 amide bonds. The SMILES string of the molecule is NC1CC12CC(NC(=O)c1ccnc3nc(CC4CC4)[nH]c13)C2. The topological polar surface area (TPSA) is 96.7 Å². The highest BCUT2D eigenvalue weighted by Gasteiger charge is 2.60. The maximum atomic E-state index is 12.6. The summed E-state index contributed by atoms with van der Waals surface area (Å²) < 4.78 is 0. The lowest BCUT2D eigenvalue weighted by Crippen LogP contribution is -2.47. The number of nitrogens with two attached hydrogens (primary N) is 1. The van der Waals surface area contributed by atoms with Gasteiger partial charge in [0.2, 0.25) is 0 Å². The quantitative estimate of drug-likeness (QED) is 0.797. The minimum absolute atomic E-state index is 0.0342. The molecule has 0 aliphatic heterocycles. The Morgan fingerprint density at radius 2 is 2.17 bits per heavy atom. The Morgan fingerprint density at radius 1 is 1.39 bits per heavy atom. The molecule has 5 rings (SSSR count). The summed E-state index contributed by atoms with van der Waals surface area (Å²) in [5, 5.41) is 3.13. The molecule has 3 aliphatic rings. The van der Waals surface area contributed by atoms with Crippen molar-refractivity contribution in [2.75, 3.05) is 0 Å². The van der Waals surface area contributed by atoms with Crippen LogP contribution in [0.25, 0.3) is 11.2 Å². The van der Waals surface area contributed by atoms with E-state index < -0.39 is 0 Å². The van der Waals surface area contributed by atoms with E-state index in [1.54, 1.807) is 12.3 Å². The first kappa shape index (κ1) is 13.5. The van der Waals surface area contributed by atoms with Gasteiger partial charge < -0.3 is 16.0 Å². The summed E-state index contributed by atoms with van der Waals surface area (Å²) in [5.74, 6) is 1.66. The van der Waals surface area contributed by atoms with Crippen molar-refractivity contribution in [3.63, 3.8) is 0 Å². The van der Waals surface area contributed by atoms with Crippen LogP contribution >= 0.6 is 0 Å². The average molecular weight is 311 g/mol. The predicted molar refractivity (Wildman–Crippen MR) is 85.8 cm³/mol. The minimum atomic E-state index is -0.0342. The van der Waals surface area contributed by atoms with Crippen molar-refractivity contribution < 1.29 is 4.79 Å². The Hall–Kier alpha value is -1.95. The molecule has 1 unspecified atom stereocenters. The second-order valence-electron chi connectivity index (χ2n) is 7.64. The number of aromatic nitrogens is 3. The molecular weight excluding hydrogens is 290 g/mol. The van der Waals surface area contributed by atoms with Gasteiger partial charge in [-0.05, 0) is 49.5 Å². The van der Waals surface area contributed by atoms with E-state index in [0.29, 0.717) is 22.7 Å². The molecule has 3 fully saturated rings. The van der Waals surface area contributed by atoms with Crippen LogP contribution in [-0.2, 0) is 6.42 Å². The Balaban J connectivity index is 1.34. The third kappa shape index (κ3) is 2.24. The second kappa shape index (κ2) is 4.54. The first-order chi connectivity index (χ1) is 11.1. The summed E-state index contributed by atoms with van der Waals surface area (Å²) in [6.45, 7) is 0. The van der Waals surface area contributed by atoms with E-state index in [1.807, 2.05) is 0 Å². The van der Waals surface area contributed by atoms with E-state index in [4.69, 9.17) is 5.73 Å². The van der Waals surface area contributed by atoms with Crippen molar-refractivity contribution in [2.24, 2.45) is 17.1 Å². The Bertz CT molecular complexity index is 787. The van der Waals surface area contributed by atoms with Gasteiger partial charge in [0.25, 0.3) is 5.91 Å². The highest BCUT2D eigenvalue weighted by Crippen LogP contribution is 2.59. The number of aromatic amines is 1. The van der Waals surface area contributed by atoms with E-state index in [0.717, 1.165) is 42.9 Å². The van der Waals surface area contributed by atoms with Crippen LogP contribution < -0.4 is 11.1 Å². The van der Waals surface area contributed by atoms with E-state index in [-0.39, 0.29) is 11.9 Å². The standard InChI is InChI=1S/C17H21N5O/c18-12-8-17(12)6-10(7-17)20-16(23)11-3-4-19-15-14(11)21-13(22-15)5-9-1-2-9/h3-4,9-10,12H,1-2,5-8,18H2,(H,20,23)(H,19,21,22). The average Bonchev–Trinajstić information content (AvgIpc) is 3.36. The molecule has 0 bridgehead atoms. The van der Waals surface area contributed by atoms with Crippen LogP contribution in [0.5, 0.6) is 0 Å². The van der Waals surface area contributed by atoms with Gasteiger partial charge in [-0.15, -0.1) is 0 Å². The lowest BCUT2D eigenvalue weighted by Gasteiger charge is -2.37. The molecule has 6 heteroatoms. The van der Waals surface area contributed by atoms with E-state index in [9.17, 15) is 4.79 Å². The van der Waals surface area contributed by atoms with Crippen molar-refractivity contribution >= 4 is 17.1 Å². The van der Waals surface area contributed by atoms with Gasteiger partial charge in [0.05, 0.1) is 11.1 Å². The van der Waals surface area contributed by atoms with Gasteiger partial charge in [-0.1, -0.05) is 0 Å². The molecule has 23 heavy (non-hydrogen) atoms. The molecule has 0 aromatic carbocycles. The fraction of sp³-hybridized carbons (Fsp3) is 0.588. The first-order valence-electron chi connectivity index (χ1n) is 8.53. The maximum absolute atomic E-state index is 12.6. The Morgan fingerprint density at radius 3 is 2.87 bits per heavy atom. The normalized spacial score (nSPS) is 32.0. The molecule has 120 valence electrons. The van der Waals surface area contributed by atoms with E-state index in [1.165, 1.54) is 12.8 Å². The van der Waals surface area contributed by atoms with Crippen LogP contribution in [0, 0.1) is 11.3 Å². The number of amides is 1. The fourth-order valence-corrected chi connectivity index (χ4v) is 3.98. The van der Waals surface area contributed by atoms with Gasteiger partial charge in [0.1, 0.15) is 5.82 Å². The number of nitrogens with one attached hydrogen (secondary N) is 2. The number of hydrogen-bond acceptors (Lipinski definition) is 4. The number of fused-ring (bicyclic) bond motifs is 1. The zero-order chi connectivity index (χ0) is 15.6. The number of imidazole rings is 1. The summed E-state index contributed by atoms with van der Waals surface area (Å²) in [5.41, 5.74) is 8.35. The van der Waals surface area contributed by atoms with Gasteiger partial charge in [-0.2, -0.15) is 0 Å². The molecule has 4 N–H and O–H groups in total. The molecular formula is C17H21N5O. The van der Waals surface area contributed by atoms with E-state index in [2.05, 4.69) is 20.3 Å². The number of pyridine rings is 1. The molecule has 2 aromatic heterocycles. The minimum Gasteiger partial charge on any atom is -0.349 e. The number of rotatable bonds is 4. The molecule has 0 saturated heterocycles. The van der Waals surface area contributed by atoms with Gasteiger partial charge in [-0.25, -0.2) is 9.97 Å².